The van der Waals surface area contributed by atoms with Gasteiger partial charge in [0.05, 0.1) is 10.5 Å². The highest BCUT2D eigenvalue weighted by atomic mass is 16.6. The minimum atomic E-state index is -0.466. The smallest absolute Gasteiger partial charge is 0.343 e. The normalized spacial score (nSPS) is 15.4. The van der Waals surface area contributed by atoms with Crippen LogP contribution in [0.1, 0.15) is 16.7 Å². The summed E-state index contributed by atoms with van der Waals surface area (Å²) in [4.78, 5) is 22.5. The van der Waals surface area contributed by atoms with Crippen LogP contribution in [0.5, 0.6) is 0 Å². The molecule has 0 radical (unpaired) electrons. The van der Waals surface area contributed by atoms with Crippen molar-refractivity contribution in [2.45, 2.75) is 6.92 Å². The maximum atomic E-state index is 12.0. The average Bonchev–Trinajstić information content (AvgIpc) is 2.91. The molecule has 0 spiro atoms. The van der Waals surface area contributed by atoms with Gasteiger partial charge in [-0.2, -0.15) is 0 Å². The number of aryl methyl sites for hydroxylation is 1. The van der Waals surface area contributed by atoms with Gasteiger partial charge in [-0.15, -0.1) is 0 Å². The van der Waals surface area contributed by atoms with E-state index in [-0.39, 0.29) is 5.69 Å². The van der Waals surface area contributed by atoms with Gasteiger partial charge in [0.25, 0.3) is 5.69 Å². The first-order valence-corrected chi connectivity index (χ1v) is 7.00. The molecule has 2 aromatic carbocycles. The summed E-state index contributed by atoms with van der Waals surface area (Å²) in [5.41, 5.74) is 2.35. The Morgan fingerprint density at radius 1 is 1.13 bits per heavy atom. The van der Waals surface area contributed by atoms with Gasteiger partial charge in [0.1, 0.15) is 5.76 Å². The minimum Gasteiger partial charge on any atom is -0.422 e. The van der Waals surface area contributed by atoms with Crippen LogP contribution in [0, 0.1) is 17.0 Å². The number of nitro groups is 1. The predicted octanol–water partition coefficient (Wildman–Crippen LogP) is 3.88. The Hall–Kier alpha value is -3.21. The van der Waals surface area contributed by atoms with E-state index in [1.54, 1.807) is 31.2 Å². The van der Waals surface area contributed by atoms with Gasteiger partial charge in [0, 0.05) is 17.2 Å². The van der Waals surface area contributed by atoms with Crippen molar-refractivity contribution >= 4 is 23.5 Å². The van der Waals surface area contributed by atoms with E-state index in [2.05, 4.69) is 0 Å². The lowest BCUT2D eigenvalue weighted by atomic mass is 10.1. The highest BCUT2D eigenvalue weighted by Crippen LogP contribution is 2.28. The monoisotopic (exact) mass is 307 g/mol. The van der Waals surface area contributed by atoms with Gasteiger partial charge in [-0.1, -0.05) is 42.5 Å². The summed E-state index contributed by atoms with van der Waals surface area (Å²) in [6.45, 7) is 1.67. The number of carbonyl (C=O) groups is 1. The van der Waals surface area contributed by atoms with E-state index in [0.717, 1.165) is 5.56 Å². The molecule has 5 heteroatoms. The molecule has 0 bridgehead atoms. The van der Waals surface area contributed by atoms with Crippen LogP contribution in [-0.2, 0) is 9.53 Å². The van der Waals surface area contributed by atoms with Gasteiger partial charge >= 0.3 is 5.97 Å². The second-order valence-electron chi connectivity index (χ2n) is 5.17. The fraction of sp³-hybridized carbons (Fsp3) is 0.0556. The summed E-state index contributed by atoms with van der Waals surface area (Å²) in [5, 5.41) is 11.0. The average molecular weight is 307 g/mol. The maximum Gasteiger partial charge on any atom is 0.343 e. The molecule has 1 heterocycles. The molecule has 0 N–H and O–H groups in total. The fourth-order valence-corrected chi connectivity index (χ4v) is 2.33. The molecular formula is C18H13NO4. The molecule has 0 aliphatic carbocycles. The Bertz CT molecular complexity index is 851. The van der Waals surface area contributed by atoms with Gasteiger partial charge in [0.2, 0.25) is 0 Å². The standard InChI is InChI=1S/C18H13NO4/c1-12-7-8-13(10-16(12)19(21)22)9-15-11-17(23-18(15)20)14-5-3-2-4-6-14/h2-11H,1H3. The summed E-state index contributed by atoms with van der Waals surface area (Å²) in [5.74, 6) is 0.00976. The highest BCUT2D eigenvalue weighted by molar-refractivity contribution is 6.05. The van der Waals surface area contributed by atoms with Crippen molar-refractivity contribution in [1.29, 1.82) is 0 Å². The number of cyclic esters (lactones) is 1. The Kier molecular flexibility index (Phi) is 3.76. The van der Waals surface area contributed by atoms with Gasteiger partial charge < -0.3 is 4.74 Å². The molecule has 3 rings (SSSR count). The number of carbonyl (C=O) groups excluding carboxylic acids is 1. The summed E-state index contributed by atoms with van der Waals surface area (Å²) in [7, 11) is 0. The van der Waals surface area contributed by atoms with Crippen LogP contribution >= 0.6 is 0 Å². The van der Waals surface area contributed by atoms with E-state index >= 15 is 0 Å². The van der Waals surface area contributed by atoms with Crippen molar-refractivity contribution < 1.29 is 14.5 Å². The Morgan fingerprint density at radius 3 is 2.57 bits per heavy atom. The topological polar surface area (TPSA) is 69.4 Å². The van der Waals surface area contributed by atoms with Crippen LogP contribution < -0.4 is 0 Å². The van der Waals surface area contributed by atoms with Crippen molar-refractivity contribution in [3.05, 3.63) is 87.0 Å². The lowest BCUT2D eigenvalue weighted by Gasteiger charge is -2.00. The van der Waals surface area contributed by atoms with E-state index in [0.29, 0.717) is 22.5 Å². The zero-order valence-electron chi connectivity index (χ0n) is 12.4. The molecular weight excluding hydrogens is 294 g/mol. The van der Waals surface area contributed by atoms with Crippen LogP contribution in [0.25, 0.3) is 11.8 Å². The fourth-order valence-electron chi connectivity index (χ4n) is 2.33. The number of esters is 1. The van der Waals surface area contributed by atoms with Crippen molar-refractivity contribution in [2.24, 2.45) is 0 Å². The highest BCUT2D eigenvalue weighted by Gasteiger charge is 2.22. The van der Waals surface area contributed by atoms with Crippen LogP contribution in [0.3, 0.4) is 0 Å². The number of rotatable bonds is 3. The number of benzene rings is 2. The van der Waals surface area contributed by atoms with Crippen molar-refractivity contribution in [2.75, 3.05) is 0 Å². The van der Waals surface area contributed by atoms with Crippen molar-refractivity contribution in [3.63, 3.8) is 0 Å². The minimum absolute atomic E-state index is 0.0259. The van der Waals surface area contributed by atoms with E-state index in [9.17, 15) is 14.9 Å². The molecule has 1 aliphatic heterocycles. The third-order valence-electron chi connectivity index (χ3n) is 3.54. The quantitative estimate of drug-likeness (QED) is 0.373. The molecule has 0 saturated carbocycles. The van der Waals surface area contributed by atoms with Crippen molar-refractivity contribution in [3.8, 4) is 0 Å². The zero-order valence-corrected chi connectivity index (χ0v) is 12.4. The summed E-state index contributed by atoms with van der Waals surface area (Å²) < 4.78 is 5.25. The van der Waals surface area contributed by atoms with Crippen LogP contribution in [0.4, 0.5) is 5.69 Å². The predicted molar refractivity (Wildman–Crippen MR) is 86.3 cm³/mol. The molecule has 0 aromatic heterocycles. The summed E-state index contributed by atoms with van der Waals surface area (Å²) in [6, 6.07) is 14.1. The van der Waals surface area contributed by atoms with Crippen LogP contribution in [0.15, 0.2) is 60.2 Å². The first kappa shape index (κ1) is 14.7. The Morgan fingerprint density at radius 2 is 1.87 bits per heavy atom. The lowest BCUT2D eigenvalue weighted by Crippen LogP contribution is -1.97. The summed E-state index contributed by atoms with van der Waals surface area (Å²) >= 11 is 0. The molecule has 2 aromatic rings. The third kappa shape index (κ3) is 3.03. The second kappa shape index (κ2) is 5.88. The lowest BCUT2D eigenvalue weighted by molar-refractivity contribution is -0.385. The molecule has 0 fully saturated rings. The van der Waals surface area contributed by atoms with Gasteiger partial charge in [-0.25, -0.2) is 4.79 Å². The molecule has 23 heavy (non-hydrogen) atoms. The van der Waals surface area contributed by atoms with E-state index in [1.165, 1.54) is 6.07 Å². The molecule has 0 atom stereocenters. The largest absolute Gasteiger partial charge is 0.422 e. The first-order chi connectivity index (χ1) is 11.0. The molecule has 5 nitrogen and oxygen atoms in total. The van der Waals surface area contributed by atoms with Crippen LogP contribution in [0.2, 0.25) is 0 Å². The second-order valence-corrected chi connectivity index (χ2v) is 5.17. The number of nitrogens with zero attached hydrogens (tertiary/aromatic N) is 1. The van der Waals surface area contributed by atoms with Gasteiger partial charge in [-0.05, 0) is 24.6 Å². The molecule has 1 aliphatic rings. The number of hydrogen-bond acceptors (Lipinski definition) is 4. The Labute approximate surface area is 132 Å². The van der Waals surface area contributed by atoms with Gasteiger partial charge in [-0.3, -0.25) is 10.1 Å². The number of nitro benzene ring substituents is 1. The van der Waals surface area contributed by atoms with E-state index in [4.69, 9.17) is 4.74 Å². The summed E-state index contributed by atoms with van der Waals surface area (Å²) in [6.07, 6.45) is 3.23. The SMILES string of the molecule is Cc1ccc(C=C2C=C(c3ccccc3)OC2=O)cc1[N+](=O)[O-]. The van der Waals surface area contributed by atoms with Crippen molar-refractivity contribution in [1.82, 2.24) is 0 Å². The molecule has 114 valence electrons. The maximum absolute atomic E-state index is 12.0. The van der Waals surface area contributed by atoms with Crippen LogP contribution in [-0.4, -0.2) is 10.9 Å². The first-order valence-electron chi connectivity index (χ1n) is 7.00. The zero-order chi connectivity index (χ0) is 16.4. The molecule has 0 amide bonds. The number of hydrogen-bond donors (Lipinski definition) is 0. The molecule has 0 unspecified atom stereocenters. The van der Waals surface area contributed by atoms with Gasteiger partial charge in [0.15, 0.2) is 0 Å². The van der Waals surface area contributed by atoms with E-state index < -0.39 is 10.9 Å². The number of ether oxygens (including phenoxy) is 1. The van der Waals surface area contributed by atoms with E-state index in [1.807, 2.05) is 30.3 Å². The third-order valence-corrected chi connectivity index (χ3v) is 3.54. The Balaban J connectivity index is 1.97. The molecule has 0 saturated heterocycles.